The quantitative estimate of drug-likeness (QED) is 0.919. The number of nitrogens with two attached hydrogens (primary N) is 1. The highest BCUT2D eigenvalue weighted by atomic mass is 19.2. The fourth-order valence-corrected chi connectivity index (χ4v) is 2.84. The summed E-state index contributed by atoms with van der Waals surface area (Å²) >= 11 is 0. The van der Waals surface area contributed by atoms with Crippen LogP contribution >= 0.6 is 0 Å². The molecule has 0 amide bonds. The molecule has 1 saturated heterocycles. The van der Waals surface area contributed by atoms with Crippen LogP contribution < -0.4 is 5.73 Å². The van der Waals surface area contributed by atoms with Crippen molar-refractivity contribution in [2.75, 3.05) is 19.6 Å². The lowest BCUT2D eigenvalue weighted by molar-refractivity contribution is 0.248. The molecule has 0 spiro atoms. The number of halogens is 2. The van der Waals surface area contributed by atoms with Gasteiger partial charge in [-0.2, -0.15) is 0 Å². The molecule has 0 saturated carbocycles. The normalized spacial score (nSPS) is 21.4. The van der Waals surface area contributed by atoms with E-state index >= 15 is 0 Å². The van der Waals surface area contributed by atoms with Gasteiger partial charge < -0.3 is 10.6 Å². The zero-order chi connectivity index (χ0) is 14.8. The molecule has 1 aromatic carbocycles. The van der Waals surface area contributed by atoms with Crippen LogP contribution in [0.2, 0.25) is 0 Å². The lowest BCUT2D eigenvalue weighted by Crippen LogP contribution is -2.33. The first-order valence-corrected chi connectivity index (χ1v) is 7.31. The molecule has 0 aromatic heterocycles. The van der Waals surface area contributed by atoms with Gasteiger partial charge in [0, 0.05) is 18.2 Å². The molecule has 1 heterocycles. The van der Waals surface area contributed by atoms with Crippen LogP contribution in [0.25, 0.3) is 0 Å². The Hall–Kier alpha value is -1.00. The highest BCUT2D eigenvalue weighted by Gasteiger charge is 2.24. The van der Waals surface area contributed by atoms with E-state index in [1.807, 2.05) is 0 Å². The van der Waals surface area contributed by atoms with Crippen molar-refractivity contribution < 1.29 is 8.78 Å². The molecule has 1 fully saturated rings. The van der Waals surface area contributed by atoms with E-state index in [1.54, 1.807) is 6.07 Å². The van der Waals surface area contributed by atoms with Gasteiger partial charge in [0.2, 0.25) is 0 Å². The fourth-order valence-electron chi connectivity index (χ4n) is 2.84. The van der Waals surface area contributed by atoms with Crippen LogP contribution in [0.4, 0.5) is 8.78 Å². The second-order valence-electron chi connectivity index (χ2n) is 6.57. The first-order valence-electron chi connectivity index (χ1n) is 7.31. The van der Waals surface area contributed by atoms with Gasteiger partial charge in [0.25, 0.3) is 0 Å². The summed E-state index contributed by atoms with van der Waals surface area (Å²) in [5, 5.41) is 0. The Balaban J connectivity index is 2.01. The topological polar surface area (TPSA) is 29.3 Å². The van der Waals surface area contributed by atoms with E-state index < -0.39 is 17.7 Å². The van der Waals surface area contributed by atoms with E-state index in [-0.39, 0.29) is 5.56 Å². The largest absolute Gasteiger partial charge is 0.323 e. The molecule has 1 aliphatic rings. The summed E-state index contributed by atoms with van der Waals surface area (Å²) in [5.74, 6) is -1.63. The third-order valence-electron chi connectivity index (χ3n) is 4.27. The molecular weight excluding hydrogens is 258 g/mol. The Bertz CT molecular complexity index is 460. The minimum absolute atomic E-state index is 0.272. The van der Waals surface area contributed by atoms with Gasteiger partial charge in [-0.05, 0) is 43.8 Å². The van der Waals surface area contributed by atoms with Gasteiger partial charge in [-0.15, -0.1) is 0 Å². The summed E-state index contributed by atoms with van der Waals surface area (Å²) in [7, 11) is 0. The minimum Gasteiger partial charge on any atom is -0.323 e. The summed E-state index contributed by atoms with van der Waals surface area (Å²) in [5.41, 5.74) is 6.70. The van der Waals surface area contributed by atoms with Gasteiger partial charge in [0.05, 0.1) is 0 Å². The second-order valence-corrected chi connectivity index (χ2v) is 6.57. The van der Waals surface area contributed by atoms with Crippen molar-refractivity contribution in [3.05, 3.63) is 35.4 Å². The van der Waals surface area contributed by atoms with Crippen LogP contribution in [-0.2, 0) is 0 Å². The van der Waals surface area contributed by atoms with Crippen LogP contribution in [0.15, 0.2) is 18.2 Å². The number of rotatable bonds is 3. The Labute approximate surface area is 120 Å². The lowest BCUT2D eigenvalue weighted by atomic mass is 9.85. The van der Waals surface area contributed by atoms with Crippen molar-refractivity contribution in [3.63, 3.8) is 0 Å². The number of benzene rings is 1. The minimum atomic E-state index is -0.824. The molecule has 2 rings (SSSR count). The summed E-state index contributed by atoms with van der Waals surface area (Å²) < 4.78 is 27.0. The molecule has 0 bridgehead atoms. The summed E-state index contributed by atoms with van der Waals surface area (Å²) in [4.78, 5) is 2.27. The van der Waals surface area contributed by atoms with Crippen molar-refractivity contribution in [3.8, 4) is 0 Å². The number of likely N-dealkylation sites (tertiary alicyclic amines) is 1. The maximum absolute atomic E-state index is 13.7. The second kappa shape index (κ2) is 6.19. The molecule has 0 radical (unpaired) electrons. The van der Waals surface area contributed by atoms with E-state index in [0.29, 0.717) is 12.0 Å². The molecule has 1 atom stereocenters. The van der Waals surface area contributed by atoms with E-state index in [1.165, 1.54) is 12.5 Å². The molecule has 2 nitrogen and oxygen atoms in total. The fraction of sp³-hybridized carbons (Fsp3) is 0.625. The summed E-state index contributed by atoms with van der Waals surface area (Å²) in [6.07, 6.45) is 3.45. The van der Waals surface area contributed by atoms with Crippen molar-refractivity contribution in [2.24, 2.45) is 11.1 Å². The SMILES string of the molecule is CC1(C)CCCN(CC(N)c2cccc(F)c2F)CC1. The van der Waals surface area contributed by atoms with E-state index in [0.717, 1.165) is 32.0 Å². The summed E-state index contributed by atoms with van der Waals surface area (Å²) in [6.45, 7) is 7.09. The third kappa shape index (κ3) is 3.76. The standard InChI is InChI=1S/C16H24F2N2/c1-16(2)7-4-9-20(10-8-16)11-14(19)12-5-3-6-13(17)15(12)18/h3,5-6,14H,4,7-11,19H2,1-2H3. The van der Waals surface area contributed by atoms with Gasteiger partial charge >= 0.3 is 0 Å². The summed E-state index contributed by atoms with van der Waals surface area (Å²) in [6, 6.07) is 3.73. The van der Waals surface area contributed by atoms with E-state index in [4.69, 9.17) is 5.73 Å². The van der Waals surface area contributed by atoms with E-state index in [2.05, 4.69) is 18.7 Å². The average molecular weight is 282 g/mol. The Morgan fingerprint density at radius 2 is 2.00 bits per heavy atom. The van der Waals surface area contributed by atoms with Gasteiger partial charge in [-0.1, -0.05) is 26.0 Å². The maximum Gasteiger partial charge on any atom is 0.163 e. The predicted molar refractivity (Wildman–Crippen MR) is 77.4 cm³/mol. The van der Waals surface area contributed by atoms with Crippen LogP contribution in [0.5, 0.6) is 0 Å². The molecule has 4 heteroatoms. The molecular formula is C16H24F2N2. The number of nitrogens with zero attached hydrogens (tertiary/aromatic N) is 1. The highest BCUT2D eigenvalue weighted by Crippen LogP contribution is 2.30. The molecule has 20 heavy (non-hydrogen) atoms. The molecule has 1 aromatic rings. The zero-order valence-corrected chi connectivity index (χ0v) is 12.3. The van der Waals surface area contributed by atoms with Crippen LogP contribution in [0.1, 0.15) is 44.7 Å². The molecule has 112 valence electrons. The van der Waals surface area contributed by atoms with Gasteiger partial charge in [-0.25, -0.2) is 8.78 Å². The monoisotopic (exact) mass is 282 g/mol. The Kier molecular flexibility index (Phi) is 4.76. The van der Waals surface area contributed by atoms with Crippen LogP contribution in [-0.4, -0.2) is 24.5 Å². The molecule has 2 N–H and O–H groups in total. The van der Waals surface area contributed by atoms with Crippen molar-refractivity contribution >= 4 is 0 Å². The highest BCUT2D eigenvalue weighted by molar-refractivity contribution is 5.22. The first kappa shape index (κ1) is 15.4. The zero-order valence-electron chi connectivity index (χ0n) is 12.3. The van der Waals surface area contributed by atoms with Gasteiger partial charge in [-0.3, -0.25) is 0 Å². The van der Waals surface area contributed by atoms with E-state index in [9.17, 15) is 8.78 Å². The molecule has 1 aliphatic heterocycles. The average Bonchev–Trinajstić information content (AvgIpc) is 2.54. The Morgan fingerprint density at radius 1 is 1.25 bits per heavy atom. The predicted octanol–water partition coefficient (Wildman–Crippen LogP) is 3.48. The smallest absolute Gasteiger partial charge is 0.163 e. The van der Waals surface area contributed by atoms with Crippen molar-refractivity contribution in [1.82, 2.24) is 4.90 Å². The van der Waals surface area contributed by atoms with Crippen molar-refractivity contribution in [1.29, 1.82) is 0 Å². The van der Waals surface area contributed by atoms with Crippen LogP contribution in [0, 0.1) is 17.0 Å². The molecule has 0 aliphatic carbocycles. The van der Waals surface area contributed by atoms with Gasteiger partial charge in [0.15, 0.2) is 11.6 Å². The maximum atomic E-state index is 13.7. The number of hydrogen-bond acceptors (Lipinski definition) is 2. The lowest BCUT2D eigenvalue weighted by Gasteiger charge is -2.25. The Morgan fingerprint density at radius 3 is 2.75 bits per heavy atom. The number of hydrogen-bond donors (Lipinski definition) is 1. The molecule has 1 unspecified atom stereocenters. The van der Waals surface area contributed by atoms with Crippen molar-refractivity contribution in [2.45, 2.75) is 39.2 Å². The van der Waals surface area contributed by atoms with Crippen LogP contribution in [0.3, 0.4) is 0 Å². The third-order valence-corrected chi connectivity index (χ3v) is 4.27. The van der Waals surface area contributed by atoms with Gasteiger partial charge in [0.1, 0.15) is 0 Å². The first-order chi connectivity index (χ1) is 9.39.